The highest BCUT2D eigenvalue weighted by Gasteiger charge is 2.26. The van der Waals surface area contributed by atoms with E-state index in [2.05, 4.69) is 21.2 Å². The molecule has 2 rings (SSSR count). The molecule has 2 N–H and O–H groups in total. The summed E-state index contributed by atoms with van der Waals surface area (Å²) in [6.45, 7) is 0. The highest BCUT2D eigenvalue weighted by molar-refractivity contribution is 9.10. The van der Waals surface area contributed by atoms with Crippen LogP contribution in [0.5, 0.6) is 0 Å². The van der Waals surface area contributed by atoms with E-state index < -0.39 is 5.97 Å². The summed E-state index contributed by atoms with van der Waals surface area (Å²) < 4.78 is 0.662. The molecule has 0 radical (unpaired) electrons. The summed E-state index contributed by atoms with van der Waals surface area (Å²) in [5.74, 6) is -1.07. The number of hydrogen-bond donors (Lipinski definition) is 2. The maximum absolute atomic E-state index is 12.0. The molecule has 1 aliphatic rings. The van der Waals surface area contributed by atoms with Gasteiger partial charge in [-0.05, 0) is 37.5 Å². The summed E-state index contributed by atoms with van der Waals surface area (Å²) in [5.41, 5.74) is 0.386. The summed E-state index contributed by atoms with van der Waals surface area (Å²) in [7, 11) is 1.73. The third kappa shape index (κ3) is 3.07. The van der Waals surface area contributed by atoms with Crippen molar-refractivity contribution in [2.24, 2.45) is 0 Å². The highest BCUT2D eigenvalue weighted by Crippen LogP contribution is 2.25. The molecule has 1 fully saturated rings. The van der Waals surface area contributed by atoms with Gasteiger partial charge in [-0.3, -0.25) is 0 Å². The number of carboxylic acids is 1. The largest absolute Gasteiger partial charge is 0.478 e. The van der Waals surface area contributed by atoms with Gasteiger partial charge >= 0.3 is 12.0 Å². The van der Waals surface area contributed by atoms with Crippen LogP contribution in [0.25, 0.3) is 0 Å². The number of carbonyl (C=O) groups excluding carboxylic acids is 1. The predicted octanol–water partition coefficient (Wildman–Crippen LogP) is 3.16. The molecule has 0 atom stereocenters. The zero-order valence-electron chi connectivity index (χ0n) is 10.5. The number of aromatic carboxylic acids is 1. The second kappa shape index (κ2) is 5.61. The minimum Gasteiger partial charge on any atom is -0.478 e. The van der Waals surface area contributed by atoms with E-state index in [4.69, 9.17) is 5.11 Å². The van der Waals surface area contributed by atoms with Crippen molar-refractivity contribution in [2.75, 3.05) is 12.4 Å². The summed E-state index contributed by atoms with van der Waals surface area (Å²) in [5, 5.41) is 11.8. The zero-order chi connectivity index (χ0) is 14.0. The molecule has 0 heterocycles. The average molecular weight is 327 g/mol. The van der Waals surface area contributed by atoms with Crippen LogP contribution in [0.2, 0.25) is 0 Å². The first-order chi connectivity index (χ1) is 8.99. The first-order valence-corrected chi connectivity index (χ1v) is 6.85. The van der Waals surface area contributed by atoms with E-state index in [1.165, 1.54) is 6.07 Å². The van der Waals surface area contributed by atoms with Gasteiger partial charge in [0.25, 0.3) is 0 Å². The van der Waals surface area contributed by atoms with Gasteiger partial charge < -0.3 is 15.3 Å². The molecule has 19 heavy (non-hydrogen) atoms. The molecule has 1 aliphatic carbocycles. The lowest BCUT2D eigenvalue weighted by Crippen LogP contribution is -2.43. The number of hydrogen-bond acceptors (Lipinski definition) is 2. The third-order valence-corrected chi connectivity index (χ3v) is 3.89. The van der Waals surface area contributed by atoms with Crippen LogP contribution in [-0.2, 0) is 0 Å². The van der Waals surface area contributed by atoms with Crippen LogP contribution >= 0.6 is 15.9 Å². The predicted molar refractivity (Wildman–Crippen MR) is 75.5 cm³/mol. The smallest absolute Gasteiger partial charge is 0.337 e. The number of nitrogens with one attached hydrogen (secondary N) is 1. The first-order valence-electron chi connectivity index (χ1n) is 6.05. The van der Waals surface area contributed by atoms with E-state index in [0.717, 1.165) is 19.3 Å². The van der Waals surface area contributed by atoms with E-state index in [0.29, 0.717) is 10.2 Å². The van der Waals surface area contributed by atoms with E-state index in [-0.39, 0.29) is 17.6 Å². The Bertz CT molecular complexity index is 515. The van der Waals surface area contributed by atoms with Gasteiger partial charge in [-0.1, -0.05) is 15.9 Å². The van der Waals surface area contributed by atoms with Crippen LogP contribution in [0, 0.1) is 0 Å². The van der Waals surface area contributed by atoms with Gasteiger partial charge in [0.05, 0.1) is 11.3 Å². The first kappa shape index (κ1) is 13.9. The minimum atomic E-state index is -1.07. The Hall–Kier alpha value is -1.56. The van der Waals surface area contributed by atoms with Crippen LogP contribution < -0.4 is 5.32 Å². The van der Waals surface area contributed by atoms with Crippen LogP contribution in [0.3, 0.4) is 0 Å². The third-order valence-electron chi connectivity index (χ3n) is 3.40. The van der Waals surface area contributed by atoms with Crippen molar-refractivity contribution in [1.29, 1.82) is 0 Å². The number of amides is 2. The maximum Gasteiger partial charge on any atom is 0.337 e. The molecule has 0 spiro atoms. The molecular weight excluding hydrogens is 312 g/mol. The molecule has 5 nitrogen and oxygen atoms in total. The molecule has 1 saturated carbocycles. The van der Waals surface area contributed by atoms with Gasteiger partial charge in [0.2, 0.25) is 0 Å². The standard InChI is InChI=1S/C13H15BrN2O3/c1-16(9-3-2-4-9)13(19)15-11-6-5-8(14)7-10(11)12(17)18/h5-7,9H,2-4H2,1H3,(H,15,19)(H,17,18). The van der Waals surface area contributed by atoms with Crippen LogP contribution in [-0.4, -0.2) is 35.1 Å². The molecule has 0 saturated heterocycles. The molecule has 1 aromatic rings. The number of benzene rings is 1. The molecule has 0 bridgehead atoms. The Kier molecular flexibility index (Phi) is 4.09. The number of carbonyl (C=O) groups is 2. The Morgan fingerprint density at radius 2 is 2.11 bits per heavy atom. The number of anilines is 1. The number of urea groups is 1. The highest BCUT2D eigenvalue weighted by atomic mass is 79.9. The summed E-state index contributed by atoms with van der Waals surface area (Å²) >= 11 is 3.22. The molecule has 2 amide bonds. The Morgan fingerprint density at radius 1 is 1.42 bits per heavy atom. The quantitative estimate of drug-likeness (QED) is 0.896. The van der Waals surface area contributed by atoms with E-state index >= 15 is 0 Å². The molecule has 1 aromatic carbocycles. The van der Waals surface area contributed by atoms with Crippen molar-refractivity contribution in [1.82, 2.24) is 4.90 Å². The summed E-state index contributed by atoms with van der Waals surface area (Å²) in [6, 6.07) is 4.76. The van der Waals surface area contributed by atoms with Gasteiger partial charge in [-0.2, -0.15) is 0 Å². The Labute approximate surface area is 119 Å². The topological polar surface area (TPSA) is 69.6 Å². The summed E-state index contributed by atoms with van der Waals surface area (Å²) in [6.07, 6.45) is 3.16. The van der Waals surface area contributed by atoms with Crippen molar-refractivity contribution in [3.63, 3.8) is 0 Å². The number of rotatable bonds is 3. The molecule has 0 aromatic heterocycles. The lowest BCUT2D eigenvalue weighted by atomic mass is 9.92. The van der Waals surface area contributed by atoms with Crippen molar-refractivity contribution >= 4 is 33.6 Å². The second-order valence-corrected chi connectivity index (χ2v) is 5.54. The zero-order valence-corrected chi connectivity index (χ0v) is 12.1. The van der Waals surface area contributed by atoms with E-state index in [1.807, 2.05) is 0 Å². The van der Waals surface area contributed by atoms with Gasteiger partial charge in [-0.15, -0.1) is 0 Å². The van der Waals surface area contributed by atoms with Crippen molar-refractivity contribution < 1.29 is 14.7 Å². The van der Waals surface area contributed by atoms with E-state index in [1.54, 1.807) is 24.1 Å². The minimum absolute atomic E-state index is 0.0738. The van der Waals surface area contributed by atoms with Gasteiger partial charge in [-0.25, -0.2) is 9.59 Å². The maximum atomic E-state index is 12.0. The van der Waals surface area contributed by atoms with Crippen molar-refractivity contribution in [2.45, 2.75) is 25.3 Å². The second-order valence-electron chi connectivity index (χ2n) is 4.62. The van der Waals surface area contributed by atoms with Gasteiger partial charge in [0, 0.05) is 17.6 Å². The normalized spacial score (nSPS) is 14.6. The lowest BCUT2D eigenvalue weighted by Gasteiger charge is -2.34. The Morgan fingerprint density at radius 3 is 2.63 bits per heavy atom. The Balaban J connectivity index is 2.13. The molecule has 102 valence electrons. The SMILES string of the molecule is CN(C(=O)Nc1ccc(Br)cc1C(=O)O)C1CCC1. The molecule has 0 aliphatic heterocycles. The monoisotopic (exact) mass is 326 g/mol. The number of carboxylic acid groups (broad SMARTS) is 1. The summed E-state index contributed by atoms with van der Waals surface area (Å²) in [4.78, 5) is 24.8. The fourth-order valence-electron chi connectivity index (χ4n) is 1.95. The van der Waals surface area contributed by atoms with Gasteiger partial charge in [0.1, 0.15) is 0 Å². The van der Waals surface area contributed by atoms with Crippen LogP contribution in [0.4, 0.5) is 10.5 Å². The van der Waals surface area contributed by atoms with Crippen molar-refractivity contribution in [3.8, 4) is 0 Å². The number of nitrogens with zero attached hydrogens (tertiary/aromatic N) is 1. The molecular formula is C13H15BrN2O3. The number of halogens is 1. The van der Waals surface area contributed by atoms with Crippen LogP contribution in [0.1, 0.15) is 29.6 Å². The fraction of sp³-hybridized carbons (Fsp3) is 0.385. The van der Waals surface area contributed by atoms with E-state index in [9.17, 15) is 9.59 Å². The molecule has 0 unspecified atom stereocenters. The van der Waals surface area contributed by atoms with Crippen LogP contribution in [0.15, 0.2) is 22.7 Å². The average Bonchev–Trinajstić information content (AvgIpc) is 2.28. The van der Waals surface area contributed by atoms with Gasteiger partial charge in [0.15, 0.2) is 0 Å². The van der Waals surface area contributed by atoms with Crippen molar-refractivity contribution in [3.05, 3.63) is 28.2 Å². The molecule has 6 heteroatoms. The fourth-order valence-corrected chi connectivity index (χ4v) is 2.31. The lowest BCUT2D eigenvalue weighted by molar-refractivity contribution is 0.0698.